The van der Waals surface area contributed by atoms with Crippen LogP contribution in [0.15, 0.2) is 24.3 Å². The van der Waals surface area contributed by atoms with Crippen molar-refractivity contribution in [3.63, 3.8) is 0 Å². The molecule has 0 bridgehead atoms. The number of methoxy groups -OCH3 is 1. The molecular formula is C14H16N2O3. The van der Waals surface area contributed by atoms with Crippen LogP contribution in [0.1, 0.15) is 27.3 Å². The van der Waals surface area contributed by atoms with Gasteiger partial charge in [0.05, 0.1) is 24.9 Å². The summed E-state index contributed by atoms with van der Waals surface area (Å²) in [6.07, 6.45) is 0. The van der Waals surface area contributed by atoms with Crippen LogP contribution in [0.2, 0.25) is 0 Å². The molecule has 0 saturated heterocycles. The standard InChI is InChI=1S/C14H16N2O3/c1-9-13(17)10(2)16(15-9)8-11-5-4-6-12(7-11)14(18)19-3/h4-7,17H,8H2,1-3H3. The lowest BCUT2D eigenvalue weighted by atomic mass is 10.1. The van der Waals surface area contributed by atoms with Crippen LogP contribution >= 0.6 is 0 Å². The van der Waals surface area contributed by atoms with Gasteiger partial charge in [0.1, 0.15) is 5.69 Å². The molecule has 0 fully saturated rings. The van der Waals surface area contributed by atoms with Gasteiger partial charge in [0.15, 0.2) is 5.75 Å². The highest BCUT2D eigenvalue weighted by atomic mass is 16.5. The van der Waals surface area contributed by atoms with Gasteiger partial charge in [0.2, 0.25) is 0 Å². The van der Waals surface area contributed by atoms with Crippen molar-refractivity contribution in [1.29, 1.82) is 0 Å². The number of hydrogen-bond donors (Lipinski definition) is 1. The summed E-state index contributed by atoms with van der Waals surface area (Å²) in [5.41, 5.74) is 2.74. The minimum absolute atomic E-state index is 0.212. The molecule has 2 rings (SSSR count). The van der Waals surface area contributed by atoms with E-state index in [2.05, 4.69) is 9.84 Å². The van der Waals surface area contributed by atoms with Crippen LogP contribution in [0.5, 0.6) is 5.75 Å². The summed E-state index contributed by atoms with van der Waals surface area (Å²) < 4.78 is 6.40. The number of esters is 1. The van der Waals surface area contributed by atoms with E-state index in [1.54, 1.807) is 36.7 Å². The quantitative estimate of drug-likeness (QED) is 0.858. The van der Waals surface area contributed by atoms with Gasteiger partial charge in [0, 0.05) is 0 Å². The van der Waals surface area contributed by atoms with Crippen molar-refractivity contribution in [2.45, 2.75) is 20.4 Å². The van der Waals surface area contributed by atoms with Gasteiger partial charge in [-0.25, -0.2) is 4.79 Å². The zero-order chi connectivity index (χ0) is 14.0. The van der Waals surface area contributed by atoms with Gasteiger partial charge in [-0.1, -0.05) is 12.1 Å². The second-order valence-electron chi connectivity index (χ2n) is 4.37. The van der Waals surface area contributed by atoms with E-state index >= 15 is 0 Å². The largest absolute Gasteiger partial charge is 0.504 e. The molecule has 100 valence electrons. The molecule has 19 heavy (non-hydrogen) atoms. The van der Waals surface area contributed by atoms with Gasteiger partial charge in [-0.3, -0.25) is 4.68 Å². The second kappa shape index (κ2) is 5.14. The van der Waals surface area contributed by atoms with Gasteiger partial charge in [-0.05, 0) is 31.5 Å². The smallest absolute Gasteiger partial charge is 0.337 e. The Bertz CT molecular complexity index is 617. The molecule has 1 aromatic carbocycles. The first-order valence-corrected chi connectivity index (χ1v) is 5.93. The lowest BCUT2D eigenvalue weighted by molar-refractivity contribution is 0.0600. The van der Waals surface area contributed by atoms with Crippen LogP contribution in [-0.2, 0) is 11.3 Å². The molecule has 0 atom stereocenters. The second-order valence-corrected chi connectivity index (χ2v) is 4.37. The normalized spacial score (nSPS) is 10.5. The van der Waals surface area contributed by atoms with Crippen LogP contribution < -0.4 is 0 Å². The fourth-order valence-electron chi connectivity index (χ4n) is 1.93. The van der Waals surface area contributed by atoms with E-state index < -0.39 is 0 Å². The molecule has 5 heteroatoms. The van der Waals surface area contributed by atoms with Crippen molar-refractivity contribution in [1.82, 2.24) is 9.78 Å². The minimum atomic E-state index is -0.363. The molecule has 1 heterocycles. The first-order chi connectivity index (χ1) is 9.02. The highest BCUT2D eigenvalue weighted by Gasteiger charge is 2.11. The Balaban J connectivity index is 2.28. The molecule has 0 amide bonds. The molecule has 5 nitrogen and oxygen atoms in total. The SMILES string of the molecule is COC(=O)c1cccc(Cn2nc(C)c(O)c2C)c1. The Labute approximate surface area is 111 Å². The maximum atomic E-state index is 11.5. The summed E-state index contributed by atoms with van der Waals surface area (Å²) >= 11 is 0. The Morgan fingerprint density at radius 1 is 1.42 bits per heavy atom. The summed E-state index contributed by atoms with van der Waals surface area (Å²) in [6, 6.07) is 7.17. The average molecular weight is 260 g/mol. The van der Waals surface area contributed by atoms with Crippen molar-refractivity contribution in [3.05, 3.63) is 46.8 Å². The van der Waals surface area contributed by atoms with Crippen molar-refractivity contribution in [3.8, 4) is 5.75 Å². The first kappa shape index (κ1) is 13.1. The molecule has 1 aromatic heterocycles. The van der Waals surface area contributed by atoms with Gasteiger partial charge in [-0.15, -0.1) is 0 Å². The predicted octanol–water partition coefficient (Wildman–Crippen LogP) is 2.04. The molecule has 0 unspecified atom stereocenters. The Morgan fingerprint density at radius 3 is 2.74 bits per heavy atom. The zero-order valence-corrected chi connectivity index (χ0v) is 11.2. The van der Waals surface area contributed by atoms with Crippen molar-refractivity contribution < 1.29 is 14.6 Å². The fourth-order valence-corrected chi connectivity index (χ4v) is 1.93. The highest BCUT2D eigenvalue weighted by molar-refractivity contribution is 5.89. The molecule has 0 spiro atoms. The average Bonchev–Trinajstić information content (AvgIpc) is 2.66. The summed E-state index contributed by atoms with van der Waals surface area (Å²) in [5.74, 6) is -0.151. The number of benzene rings is 1. The Hall–Kier alpha value is -2.30. The Morgan fingerprint density at radius 2 is 2.16 bits per heavy atom. The molecule has 0 saturated carbocycles. The third-order valence-electron chi connectivity index (χ3n) is 3.02. The Kier molecular flexibility index (Phi) is 3.55. The lowest BCUT2D eigenvalue weighted by Crippen LogP contribution is -2.06. The van der Waals surface area contributed by atoms with Crippen molar-refractivity contribution in [2.75, 3.05) is 7.11 Å². The van der Waals surface area contributed by atoms with Gasteiger partial charge >= 0.3 is 5.97 Å². The third kappa shape index (κ3) is 2.59. The number of aryl methyl sites for hydroxylation is 1. The topological polar surface area (TPSA) is 64.4 Å². The minimum Gasteiger partial charge on any atom is -0.504 e. The maximum Gasteiger partial charge on any atom is 0.337 e. The van der Waals surface area contributed by atoms with Crippen molar-refractivity contribution in [2.24, 2.45) is 0 Å². The lowest BCUT2D eigenvalue weighted by Gasteiger charge is -2.06. The van der Waals surface area contributed by atoms with Crippen LogP contribution in [0.25, 0.3) is 0 Å². The molecule has 0 aliphatic rings. The van der Waals surface area contributed by atoms with E-state index in [9.17, 15) is 9.90 Å². The van der Waals surface area contributed by atoms with Gasteiger partial charge < -0.3 is 9.84 Å². The molecule has 1 N–H and O–H groups in total. The molecule has 0 radical (unpaired) electrons. The molecular weight excluding hydrogens is 244 g/mol. The van der Waals surface area contributed by atoms with E-state index in [1.165, 1.54) is 7.11 Å². The summed E-state index contributed by atoms with van der Waals surface area (Å²) in [4.78, 5) is 11.5. The van der Waals surface area contributed by atoms with E-state index in [1.807, 2.05) is 6.07 Å². The number of aromatic nitrogens is 2. The predicted molar refractivity (Wildman–Crippen MR) is 70.2 cm³/mol. The monoisotopic (exact) mass is 260 g/mol. The van der Waals surface area contributed by atoms with E-state index in [4.69, 9.17) is 0 Å². The number of rotatable bonds is 3. The van der Waals surface area contributed by atoms with Crippen molar-refractivity contribution >= 4 is 5.97 Å². The molecule has 2 aromatic rings. The number of ether oxygens (including phenoxy) is 1. The fraction of sp³-hybridized carbons (Fsp3) is 0.286. The van der Waals surface area contributed by atoms with E-state index in [0.717, 1.165) is 5.56 Å². The highest BCUT2D eigenvalue weighted by Crippen LogP contribution is 2.21. The number of carbonyl (C=O) groups is 1. The van der Waals surface area contributed by atoms with E-state index in [-0.39, 0.29) is 11.7 Å². The zero-order valence-electron chi connectivity index (χ0n) is 11.2. The maximum absolute atomic E-state index is 11.5. The third-order valence-corrected chi connectivity index (χ3v) is 3.02. The number of hydrogen-bond acceptors (Lipinski definition) is 4. The van der Waals surface area contributed by atoms with Crippen LogP contribution in [0.4, 0.5) is 0 Å². The van der Waals surface area contributed by atoms with Gasteiger partial charge in [-0.2, -0.15) is 5.10 Å². The summed E-state index contributed by atoms with van der Waals surface area (Å²) in [5, 5.41) is 14.0. The van der Waals surface area contributed by atoms with Crippen LogP contribution in [0, 0.1) is 13.8 Å². The number of nitrogens with zero attached hydrogens (tertiary/aromatic N) is 2. The number of carbonyl (C=O) groups excluding carboxylic acids is 1. The molecule has 0 aliphatic heterocycles. The summed E-state index contributed by atoms with van der Waals surface area (Å²) in [7, 11) is 1.36. The first-order valence-electron chi connectivity index (χ1n) is 5.93. The van der Waals surface area contributed by atoms with Gasteiger partial charge in [0.25, 0.3) is 0 Å². The summed E-state index contributed by atoms with van der Waals surface area (Å²) in [6.45, 7) is 4.06. The van der Waals surface area contributed by atoms with Crippen LogP contribution in [0.3, 0.4) is 0 Å². The van der Waals surface area contributed by atoms with Crippen LogP contribution in [-0.4, -0.2) is 28.0 Å². The van der Waals surface area contributed by atoms with E-state index in [0.29, 0.717) is 23.5 Å². The molecule has 0 aliphatic carbocycles. The number of aromatic hydroxyl groups is 1.